The first kappa shape index (κ1) is 17.2. The summed E-state index contributed by atoms with van der Waals surface area (Å²) in [5.74, 6) is 0. The average Bonchev–Trinajstić information content (AvgIpc) is 3.06. The molecular weight excluding hydrogens is 370 g/mol. The van der Waals surface area contributed by atoms with Gasteiger partial charge in [0.2, 0.25) is 0 Å². The summed E-state index contributed by atoms with van der Waals surface area (Å²) in [6.45, 7) is 0.269. The third-order valence-electron chi connectivity index (χ3n) is 4.23. The minimum Gasteiger partial charge on any atom is -0.378 e. The van der Waals surface area contributed by atoms with Crippen molar-refractivity contribution in [2.75, 3.05) is 19.0 Å². The number of aromatic nitrogens is 2. The van der Waals surface area contributed by atoms with Crippen LogP contribution in [0.1, 0.15) is 11.1 Å². The van der Waals surface area contributed by atoms with E-state index in [1.165, 1.54) is 6.07 Å². The van der Waals surface area contributed by atoms with Crippen LogP contribution in [0.25, 0.3) is 10.9 Å². The second kappa shape index (κ2) is 6.82. The van der Waals surface area contributed by atoms with E-state index in [1.807, 2.05) is 18.2 Å². The number of methoxy groups -OCH3 is 1. The van der Waals surface area contributed by atoms with Crippen LogP contribution >= 0.6 is 11.6 Å². The van der Waals surface area contributed by atoms with Gasteiger partial charge in [0.25, 0.3) is 5.69 Å². The van der Waals surface area contributed by atoms with E-state index in [0.29, 0.717) is 44.1 Å². The normalized spacial score (nSPS) is 13.4. The molecule has 1 aromatic heterocycles. The van der Waals surface area contributed by atoms with Gasteiger partial charge >= 0.3 is 0 Å². The molecule has 1 aliphatic rings. The van der Waals surface area contributed by atoms with E-state index in [2.05, 4.69) is 20.5 Å². The molecule has 3 aromatic rings. The van der Waals surface area contributed by atoms with Gasteiger partial charge in [0, 0.05) is 35.5 Å². The summed E-state index contributed by atoms with van der Waals surface area (Å²) < 4.78 is 5.21. The van der Waals surface area contributed by atoms with Gasteiger partial charge in [-0.1, -0.05) is 29.8 Å². The minimum atomic E-state index is -0.445. The summed E-state index contributed by atoms with van der Waals surface area (Å²) in [5, 5.41) is 22.6. The maximum absolute atomic E-state index is 11.6. The highest BCUT2D eigenvalue weighted by atomic mass is 35.5. The fourth-order valence-electron chi connectivity index (χ4n) is 3.06. The van der Waals surface area contributed by atoms with Crippen LogP contribution in [0.5, 0.6) is 0 Å². The fourth-order valence-corrected chi connectivity index (χ4v) is 3.28. The molecule has 2 aromatic carbocycles. The van der Waals surface area contributed by atoms with Gasteiger partial charge < -0.3 is 10.1 Å². The quantitative estimate of drug-likeness (QED) is 0.525. The SMILES string of the molecule is COCC1=CNc2c(cc([N+](=O)[O-])c3[nH]ncc23)C(c2ccccc2Cl)=N1. The Morgan fingerprint density at radius 1 is 1.30 bits per heavy atom. The van der Waals surface area contributed by atoms with Crippen LogP contribution < -0.4 is 5.32 Å². The molecule has 0 spiro atoms. The van der Waals surface area contributed by atoms with Crippen LogP contribution in [-0.4, -0.2) is 34.5 Å². The number of benzene rings is 2. The molecule has 0 radical (unpaired) electrons. The number of halogens is 1. The van der Waals surface area contributed by atoms with Gasteiger partial charge in [0.05, 0.1) is 40.2 Å². The number of hydrogen-bond donors (Lipinski definition) is 2. The van der Waals surface area contributed by atoms with Gasteiger partial charge in [-0.3, -0.25) is 15.2 Å². The van der Waals surface area contributed by atoms with Gasteiger partial charge in [0.1, 0.15) is 5.52 Å². The van der Waals surface area contributed by atoms with Crippen LogP contribution in [0.3, 0.4) is 0 Å². The number of nitrogens with one attached hydrogen (secondary N) is 2. The Balaban J connectivity index is 2.05. The molecule has 9 heteroatoms. The lowest BCUT2D eigenvalue weighted by molar-refractivity contribution is -0.383. The van der Waals surface area contributed by atoms with Crippen molar-refractivity contribution in [1.29, 1.82) is 0 Å². The van der Waals surface area contributed by atoms with Crippen molar-refractivity contribution in [1.82, 2.24) is 10.2 Å². The molecule has 27 heavy (non-hydrogen) atoms. The number of rotatable bonds is 4. The maximum atomic E-state index is 11.6. The summed E-state index contributed by atoms with van der Waals surface area (Å²) in [5.41, 5.74) is 3.30. The van der Waals surface area contributed by atoms with E-state index in [0.717, 1.165) is 0 Å². The Kier molecular flexibility index (Phi) is 4.35. The number of fused-ring (bicyclic) bond motifs is 3. The maximum Gasteiger partial charge on any atom is 0.295 e. The summed E-state index contributed by atoms with van der Waals surface area (Å²) in [4.78, 5) is 15.8. The molecule has 4 rings (SSSR count). The third kappa shape index (κ3) is 2.94. The molecule has 0 fully saturated rings. The molecule has 0 saturated heterocycles. The zero-order chi connectivity index (χ0) is 19.0. The van der Waals surface area contributed by atoms with Crippen LogP contribution in [0.4, 0.5) is 11.4 Å². The summed E-state index contributed by atoms with van der Waals surface area (Å²) >= 11 is 6.40. The summed E-state index contributed by atoms with van der Waals surface area (Å²) in [6.07, 6.45) is 3.26. The lowest BCUT2D eigenvalue weighted by Crippen LogP contribution is -2.08. The zero-order valence-electron chi connectivity index (χ0n) is 14.2. The Bertz CT molecular complexity index is 1120. The van der Waals surface area contributed by atoms with Crippen molar-refractivity contribution in [3.63, 3.8) is 0 Å². The van der Waals surface area contributed by atoms with Crippen LogP contribution in [0.2, 0.25) is 5.02 Å². The highest BCUT2D eigenvalue weighted by molar-refractivity contribution is 6.36. The number of ether oxygens (including phenoxy) is 1. The lowest BCUT2D eigenvalue weighted by atomic mass is 9.97. The van der Waals surface area contributed by atoms with E-state index < -0.39 is 4.92 Å². The molecule has 2 N–H and O–H groups in total. The van der Waals surface area contributed by atoms with Crippen molar-refractivity contribution in [3.05, 3.63) is 74.7 Å². The first-order valence-corrected chi connectivity index (χ1v) is 8.41. The number of non-ortho nitro benzene ring substituents is 1. The van der Waals surface area contributed by atoms with Gasteiger partial charge in [0.15, 0.2) is 0 Å². The van der Waals surface area contributed by atoms with Crippen LogP contribution in [-0.2, 0) is 4.74 Å². The van der Waals surface area contributed by atoms with E-state index in [9.17, 15) is 10.1 Å². The van der Waals surface area contributed by atoms with E-state index in [1.54, 1.807) is 25.6 Å². The number of nitro groups is 1. The first-order valence-electron chi connectivity index (χ1n) is 8.03. The van der Waals surface area contributed by atoms with Gasteiger partial charge in [-0.2, -0.15) is 5.10 Å². The zero-order valence-corrected chi connectivity index (χ0v) is 14.9. The molecule has 0 bridgehead atoms. The van der Waals surface area contributed by atoms with Gasteiger partial charge in [-0.05, 0) is 6.07 Å². The van der Waals surface area contributed by atoms with Crippen molar-refractivity contribution in [2.45, 2.75) is 0 Å². The molecule has 136 valence electrons. The molecule has 0 aliphatic carbocycles. The molecule has 2 heterocycles. The van der Waals surface area contributed by atoms with Crippen LogP contribution in [0, 0.1) is 10.1 Å². The van der Waals surface area contributed by atoms with Crippen molar-refractivity contribution >= 4 is 39.6 Å². The summed E-state index contributed by atoms with van der Waals surface area (Å²) in [7, 11) is 1.57. The second-order valence-electron chi connectivity index (χ2n) is 5.89. The number of H-pyrrole nitrogens is 1. The largest absolute Gasteiger partial charge is 0.378 e. The standard InChI is InChI=1S/C18H14ClN5O3/c1-27-9-10-7-20-16-12(17(22-10)11-4-2-3-5-14(11)19)6-15(24(25)26)18-13(16)8-21-23-18/h2-8,20H,9H2,1H3,(H,21,23). The second-order valence-corrected chi connectivity index (χ2v) is 6.29. The molecule has 0 unspecified atom stereocenters. The van der Waals surface area contributed by atoms with Crippen molar-refractivity contribution in [3.8, 4) is 0 Å². The minimum absolute atomic E-state index is 0.0852. The number of hydrogen-bond acceptors (Lipinski definition) is 6. The van der Waals surface area contributed by atoms with Crippen LogP contribution in [0.15, 0.2) is 53.4 Å². The van der Waals surface area contributed by atoms with E-state index >= 15 is 0 Å². The highest BCUT2D eigenvalue weighted by Crippen LogP contribution is 2.37. The number of nitrogens with zero attached hydrogens (tertiary/aromatic N) is 3. The molecule has 8 nitrogen and oxygen atoms in total. The number of aromatic amines is 1. The highest BCUT2D eigenvalue weighted by Gasteiger charge is 2.26. The van der Waals surface area contributed by atoms with Crippen molar-refractivity contribution < 1.29 is 9.66 Å². The van der Waals surface area contributed by atoms with Crippen molar-refractivity contribution in [2.24, 2.45) is 4.99 Å². The third-order valence-corrected chi connectivity index (χ3v) is 4.56. The van der Waals surface area contributed by atoms with E-state index in [-0.39, 0.29) is 12.3 Å². The predicted molar refractivity (Wildman–Crippen MR) is 103 cm³/mol. The molecule has 0 amide bonds. The molecule has 1 aliphatic heterocycles. The van der Waals surface area contributed by atoms with Gasteiger partial charge in [-0.15, -0.1) is 0 Å². The topological polar surface area (TPSA) is 105 Å². The molecular formula is C18H14ClN5O3. The summed E-state index contributed by atoms with van der Waals surface area (Å²) in [6, 6.07) is 8.71. The number of anilines is 1. The molecule has 0 saturated carbocycles. The Morgan fingerprint density at radius 2 is 2.11 bits per heavy atom. The first-order chi connectivity index (χ1) is 13.1. The fraction of sp³-hybridized carbons (Fsp3) is 0.111. The Morgan fingerprint density at radius 3 is 2.85 bits per heavy atom. The smallest absolute Gasteiger partial charge is 0.295 e. The van der Waals surface area contributed by atoms with E-state index in [4.69, 9.17) is 16.3 Å². The Labute approximate surface area is 158 Å². The monoisotopic (exact) mass is 383 g/mol. The predicted octanol–water partition coefficient (Wildman–Crippen LogP) is 3.88. The lowest BCUT2D eigenvalue weighted by Gasteiger charge is -2.12. The molecule has 0 atom stereocenters. The Hall–Kier alpha value is -3.23. The number of nitro benzene ring substituents is 1. The average molecular weight is 384 g/mol. The van der Waals surface area contributed by atoms with Gasteiger partial charge in [-0.25, -0.2) is 4.99 Å². The number of aliphatic imine (C=N–C) groups is 1.